The Morgan fingerprint density at radius 1 is 1.33 bits per heavy atom. The van der Waals surface area contributed by atoms with Crippen LogP contribution in [0.15, 0.2) is 12.1 Å². The number of ether oxygens (including phenoxy) is 2. The molecule has 0 aromatic carbocycles. The molecule has 1 aromatic rings. The highest BCUT2D eigenvalue weighted by Crippen LogP contribution is 2.37. The van der Waals surface area contributed by atoms with E-state index in [2.05, 4.69) is 4.98 Å². The van der Waals surface area contributed by atoms with Gasteiger partial charge in [0.1, 0.15) is 5.69 Å². The Balaban J connectivity index is 0.000000216. The first kappa shape index (κ1) is 22.2. The van der Waals surface area contributed by atoms with Crippen molar-refractivity contribution < 1.29 is 33.0 Å². The van der Waals surface area contributed by atoms with Crippen molar-refractivity contribution in [2.75, 3.05) is 37.8 Å². The summed E-state index contributed by atoms with van der Waals surface area (Å²) in [5.41, 5.74) is 10.5. The number of halogens is 2. The maximum atomic E-state index is 12.9. The van der Waals surface area contributed by atoms with E-state index < -0.39 is 17.4 Å². The van der Waals surface area contributed by atoms with Gasteiger partial charge in [-0.15, -0.1) is 0 Å². The zero-order valence-electron chi connectivity index (χ0n) is 16.5. The van der Waals surface area contributed by atoms with Crippen molar-refractivity contribution in [1.29, 1.82) is 0 Å². The van der Waals surface area contributed by atoms with Gasteiger partial charge in [-0.25, -0.2) is 18.6 Å². The molecule has 1 atom stereocenters. The fourth-order valence-corrected chi connectivity index (χ4v) is 3.17. The quantitative estimate of drug-likeness (QED) is 0.584. The van der Waals surface area contributed by atoms with Crippen LogP contribution in [0, 0.1) is 5.92 Å². The number of amides is 1. The number of hydrogen-bond acceptors (Lipinski definition) is 7. The lowest BCUT2D eigenvalue weighted by atomic mass is 9.96. The standard InChI is InChI=1S/C13H14F2N2O3.C6H12N2O2/c14-13(15)6-17(7-13)10-4-3-9(12(18)19)16-11(10)20-5-8-1-2-8;7-5(9)3-6(8)1-2-10-4-6/h3-4,8H,1-2,5-7H2,(H,18,19);1-4,8H2,(H2,7,9). The molecule has 5 N–H and O–H groups in total. The molecule has 0 radical (unpaired) electrons. The molecule has 1 saturated carbocycles. The third kappa shape index (κ3) is 5.99. The van der Waals surface area contributed by atoms with Gasteiger partial charge in [0.15, 0.2) is 5.69 Å². The van der Waals surface area contributed by atoms with Crippen LogP contribution >= 0.6 is 0 Å². The number of carbonyl (C=O) groups is 2. The molecule has 1 aliphatic carbocycles. The van der Waals surface area contributed by atoms with Gasteiger partial charge in [-0.2, -0.15) is 0 Å². The summed E-state index contributed by atoms with van der Waals surface area (Å²) in [7, 11) is 0. The van der Waals surface area contributed by atoms with Gasteiger partial charge in [0.05, 0.1) is 31.8 Å². The lowest BCUT2D eigenvalue weighted by Crippen LogP contribution is -2.56. The van der Waals surface area contributed by atoms with Crippen molar-refractivity contribution >= 4 is 17.6 Å². The molecule has 2 saturated heterocycles. The van der Waals surface area contributed by atoms with Crippen molar-refractivity contribution in [3.8, 4) is 5.88 Å². The number of rotatable bonds is 7. The first-order valence-corrected chi connectivity index (χ1v) is 9.72. The van der Waals surface area contributed by atoms with Crippen molar-refractivity contribution in [3.05, 3.63) is 17.8 Å². The summed E-state index contributed by atoms with van der Waals surface area (Å²) >= 11 is 0. The fourth-order valence-electron chi connectivity index (χ4n) is 3.17. The minimum atomic E-state index is -2.70. The summed E-state index contributed by atoms with van der Waals surface area (Å²) < 4.78 is 36.4. The van der Waals surface area contributed by atoms with Gasteiger partial charge in [-0.3, -0.25) is 4.79 Å². The number of alkyl halides is 2. The van der Waals surface area contributed by atoms with Gasteiger partial charge in [0.25, 0.3) is 5.92 Å². The zero-order valence-corrected chi connectivity index (χ0v) is 16.5. The van der Waals surface area contributed by atoms with E-state index in [-0.39, 0.29) is 37.0 Å². The molecule has 1 aromatic heterocycles. The maximum Gasteiger partial charge on any atom is 0.354 e. The van der Waals surface area contributed by atoms with E-state index in [9.17, 15) is 18.4 Å². The molecule has 166 valence electrons. The molecule has 4 rings (SSSR count). The van der Waals surface area contributed by atoms with Gasteiger partial charge < -0.3 is 30.9 Å². The number of carbonyl (C=O) groups excluding carboxylic acids is 1. The monoisotopic (exact) mass is 428 g/mol. The Morgan fingerprint density at radius 2 is 2.03 bits per heavy atom. The van der Waals surface area contributed by atoms with Gasteiger partial charge in [0.2, 0.25) is 11.8 Å². The number of carboxylic acid groups (broad SMARTS) is 1. The number of aromatic carboxylic acids is 1. The molecule has 0 spiro atoms. The molecule has 3 fully saturated rings. The largest absolute Gasteiger partial charge is 0.477 e. The molecule has 30 heavy (non-hydrogen) atoms. The number of anilines is 1. The Hall–Kier alpha value is -2.53. The number of primary amides is 1. The second-order valence-corrected chi connectivity index (χ2v) is 8.10. The average Bonchev–Trinajstić information content (AvgIpc) is 3.37. The molecular weight excluding hydrogens is 402 g/mol. The molecule has 11 heteroatoms. The molecule has 1 unspecified atom stereocenters. The smallest absolute Gasteiger partial charge is 0.354 e. The number of hydrogen-bond donors (Lipinski definition) is 3. The third-order valence-corrected chi connectivity index (χ3v) is 5.06. The van der Waals surface area contributed by atoms with E-state index in [0.717, 1.165) is 19.3 Å². The Labute approximate surface area is 172 Å². The summed E-state index contributed by atoms with van der Waals surface area (Å²) in [6, 6.07) is 2.78. The van der Waals surface area contributed by atoms with Crippen LogP contribution in [0.25, 0.3) is 0 Å². The SMILES string of the molecule is NC(=O)CC1(N)CCOC1.O=C(O)c1ccc(N2CC(F)(F)C2)c(OCC2CC2)n1. The number of aromatic nitrogens is 1. The predicted octanol–water partition coefficient (Wildman–Crippen LogP) is 1.00. The van der Waals surface area contributed by atoms with Crippen molar-refractivity contribution in [3.63, 3.8) is 0 Å². The van der Waals surface area contributed by atoms with Crippen LogP contribution in [0.3, 0.4) is 0 Å². The van der Waals surface area contributed by atoms with Gasteiger partial charge in [-0.05, 0) is 37.3 Å². The molecule has 2 aliphatic heterocycles. The van der Waals surface area contributed by atoms with Gasteiger partial charge >= 0.3 is 5.97 Å². The lowest BCUT2D eigenvalue weighted by molar-refractivity contribution is -0.119. The van der Waals surface area contributed by atoms with Crippen LogP contribution in [-0.4, -0.2) is 66.3 Å². The Morgan fingerprint density at radius 3 is 2.53 bits per heavy atom. The summed E-state index contributed by atoms with van der Waals surface area (Å²) in [5.74, 6) is -3.61. The Kier molecular flexibility index (Phi) is 6.41. The van der Waals surface area contributed by atoms with Crippen LogP contribution in [0.4, 0.5) is 14.5 Å². The highest BCUT2D eigenvalue weighted by molar-refractivity contribution is 5.86. The maximum absolute atomic E-state index is 12.9. The molecule has 9 nitrogen and oxygen atoms in total. The number of pyridine rings is 1. The predicted molar refractivity (Wildman–Crippen MR) is 103 cm³/mol. The molecular formula is C19H26F2N4O5. The van der Waals surface area contributed by atoms with E-state index >= 15 is 0 Å². The first-order valence-electron chi connectivity index (χ1n) is 9.72. The van der Waals surface area contributed by atoms with E-state index in [1.165, 1.54) is 17.0 Å². The van der Waals surface area contributed by atoms with Crippen molar-refractivity contribution in [1.82, 2.24) is 4.98 Å². The summed E-state index contributed by atoms with van der Waals surface area (Å²) in [5, 5.41) is 8.93. The first-order chi connectivity index (χ1) is 14.1. The van der Waals surface area contributed by atoms with Crippen LogP contribution < -0.4 is 21.1 Å². The number of nitrogens with two attached hydrogens (primary N) is 2. The van der Waals surface area contributed by atoms with Gasteiger partial charge in [0, 0.05) is 13.0 Å². The highest BCUT2D eigenvalue weighted by Gasteiger charge is 2.45. The van der Waals surface area contributed by atoms with E-state index in [1.807, 2.05) is 0 Å². The second kappa shape index (κ2) is 8.68. The molecule has 3 heterocycles. The zero-order chi connectivity index (χ0) is 21.9. The van der Waals surface area contributed by atoms with Crippen LogP contribution in [-0.2, 0) is 9.53 Å². The third-order valence-electron chi connectivity index (χ3n) is 5.06. The van der Waals surface area contributed by atoms with Gasteiger partial charge in [-0.1, -0.05) is 0 Å². The Bertz CT molecular complexity index is 789. The number of carboxylic acids is 1. The average molecular weight is 428 g/mol. The summed E-state index contributed by atoms with van der Waals surface area (Å²) in [6.07, 6.45) is 3.12. The van der Waals surface area contributed by atoms with Crippen LogP contribution in [0.5, 0.6) is 5.88 Å². The number of nitrogens with zero attached hydrogens (tertiary/aromatic N) is 2. The van der Waals surface area contributed by atoms with E-state index in [1.54, 1.807) is 0 Å². The van der Waals surface area contributed by atoms with Crippen LogP contribution in [0.2, 0.25) is 0 Å². The van der Waals surface area contributed by atoms with Crippen LogP contribution in [0.1, 0.15) is 36.2 Å². The van der Waals surface area contributed by atoms with Crippen molar-refractivity contribution in [2.24, 2.45) is 17.4 Å². The van der Waals surface area contributed by atoms with E-state index in [4.69, 9.17) is 26.0 Å². The molecule has 0 bridgehead atoms. The van der Waals surface area contributed by atoms with Crippen molar-refractivity contribution in [2.45, 2.75) is 37.1 Å². The summed E-state index contributed by atoms with van der Waals surface area (Å²) in [4.78, 5) is 26.7. The topological polar surface area (TPSA) is 141 Å². The van der Waals surface area contributed by atoms with E-state index in [0.29, 0.717) is 31.4 Å². The minimum Gasteiger partial charge on any atom is -0.477 e. The normalized spacial score (nSPS) is 24.4. The fraction of sp³-hybridized carbons (Fsp3) is 0.632. The molecule has 1 amide bonds. The second-order valence-electron chi connectivity index (χ2n) is 8.10. The highest BCUT2D eigenvalue weighted by atomic mass is 19.3. The molecule has 3 aliphatic rings. The minimum absolute atomic E-state index is 0.132. The lowest BCUT2D eigenvalue weighted by Gasteiger charge is -2.40. The summed E-state index contributed by atoms with van der Waals surface area (Å²) in [6.45, 7) is 0.773.